The van der Waals surface area contributed by atoms with Crippen LogP contribution in [0.15, 0.2) is 65.1 Å². The van der Waals surface area contributed by atoms with Crippen LogP contribution in [0, 0.1) is 6.92 Å². The number of ether oxygens (including phenoxy) is 3. The second-order valence-electron chi connectivity index (χ2n) is 7.35. The molecule has 1 amide bonds. The Morgan fingerprint density at radius 1 is 0.938 bits per heavy atom. The van der Waals surface area contributed by atoms with Crippen LogP contribution in [-0.2, 0) is 0 Å². The molecule has 160 valence electrons. The summed E-state index contributed by atoms with van der Waals surface area (Å²) < 4.78 is 21.7. The second kappa shape index (κ2) is 7.77. The van der Waals surface area contributed by atoms with Crippen molar-refractivity contribution in [2.45, 2.75) is 6.92 Å². The van der Waals surface area contributed by atoms with E-state index in [2.05, 4.69) is 5.32 Å². The SMILES string of the molecule is COc1cccc(C(=O)c2oc3ccc(NC(=O)c4ccc5c(c4)OCO5)cc3c2C)c1. The topological polar surface area (TPSA) is 87.0 Å². The van der Waals surface area contributed by atoms with E-state index in [0.717, 1.165) is 5.39 Å². The third-order valence-electron chi connectivity index (χ3n) is 5.37. The van der Waals surface area contributed by atoms with Gasteiger partial charge in [-0.3, -0.25) is 9.59 Å². The molecule has 0 bridgehead atoms. The van der Waals surface area contributed by atoms with Crippen molar-refractivity contribution < 1.29 is 28.2 Å². The highest BCUT2D eigenvalue weighted by Gasteiger charge is 2.21. The van der Waals surface area contributed by atoms with Crippen molar-refractivity contribution in [3.8, 4) is 17.2 Å². The number of methoxy groups -OCH3 is 1. The van der Waals surface area contributed by atoms with E-state index in [9.17, 15) is 9.59 Å². The summed E-state index contributed by atoms with van der Waals surface area (Å²) in [6.07, 6.45) is 0. The summed E-state index contributed by atoms with van der Waals surface area (Å²) in [7, 11) is 1.55. The van der Waals surface area contributed by atoms with Crippen LogP contribution in [0.5, 0.6) is 17.2 Å². The Morgan fingerprint density at radius 2 is 1.78 bits per heavy atom. The summed E-state index contributed by atoms with van der Waals surface area (Å²) >= 11 is 0. The molecule has 4 aromatic rings. The minimum absolute atomic E-state index is 0.146. The van der Waals surface area contributed by atoms with Gasteiger partial charge in [-0.1, -0.05) is 12.1 Å². The first-order valence-corrected chi connectivity index (χ1v) is 9.96. The highest BCUT2D eigenvalue weighted by Crippen LogP contribution is 2.33. The number of fused-ring (bicyclic) bond motifs is 2. The summed E-state index contributed by atoms with van der Waals surface area (Å²) in [5.41, 5.74) is 2.78. The van der Waals surface area contributed by atoms with Gasteiger partial charge in [-0.05, 0) is 55.5 Å². The van der Waals surface area contributed by atoms with Crippen molar-refractivity contribution >= 4 is 28.3 Å². The summed E-state index contributed by atoms with van der Waals surface area (Å²) in [6.45, 7) is 1.97. The minimum atomic E-state index is -0.281. The maximum Gasteiger partial charge on any atom is 0.255 e. The van der Waals surface area contributed by atoms with Crippen molar-refractivity contribution in [1.29, 1.82) is 0 Å². The van der Waals surface area contributed by atoms with Crippen LogP contribution in [0.25, 0.3) is 11.0 Å². The molecule has 0 saturated carbocycles. The lowest BCUT2D eigenvalue weighted by Gasteiger charge is -2.06. The van der Waals surface area contributed by atoms with E-state index in [4.69, 9.17) is 18.6 Å². The zero-order valence-electron chi connectivity index (χ0n) is 17.4. The van der Waals surface area contributed by atoms with Gasteiger partial charge in [0.05, 0.1) is 7.11 Å². The summed E-state index contributed by atoms with van der Waals surface area (Å²) in [4.78, 5) is 25.7. The third kappa shape index (κ3) is 3.43. The predicted molar refractivity (Wildman–Crippen MR) is 118 cm³/mol. The molecule has 0 saturated heterocycles. The van der Waals surface area contributed by atoms with Gasteiger partial charge in [0.25, 0.3) is 5.91 Å². The van der Waals surface area contributed by atoms with E-state index in [1.165, 1.54) is 0 Å². The number of carbonyl (C=O) groups is 2. The van der Waals surface area contributed by atoms with Crippen LogP contribution in [0.4, 0.5) is 5.69 Å². The van der Waals surface area contributed by atoms with Gasteiger partial charge in [-0.15, -0.1) is 0 Å². The molecular weight excluding hydrogens is 410 g/mol. The number of hydrogen-bond acceptors (Lipinski definition) is 6. The van der Waals surface area contributed by atoms with E-state index in [1.807, 2.05) is 6.92 Å². The highest BCUT2D eigenvalue weighted by atomic mass is 16.7. The van der Waals surface area contributed by atoms with Crippen LogP contribution < -0.4 is 19.5 Å². The normalized spacial score (nSPS) is 12.1. The number of nitrogens with one attached hydrogen (secondary N) is 1. The standard InChI is InChI=1S/C25H19NO6/c1-14-19-12-17(26-25(28)16-6-8-21-22(11-16)31-13-30-21)7-9-20(19)32-24(14)23(27)15-4-3-5-18(10-15)29-2/h3-12H,13H2,1-2H3,(H,26,28). The number of hydrogen-bond donors (Lipinski definition) is 1. The van der Waals surface area contributed by atoms with Gasteiger partial charge in [0.1, 0.15) is 11.3 Å². The summed E-state index contributed by atoms with van der Waals surface area (Å²) in [5.74, 6) is 1.50. The van der Waals surface area contributed by atoms with E-state index < -0.39 is 0 Å². The van der Waals surface area contributed by atoms with Crippen LogP contribution >= 0.6 is 0 Å². The fourth-order valence-corrected chi connectivity index (χ4v) is 3.65. The average molecular weight is 429 g/mol. The number of furan rings is 1. The molecular formula is C25H19NO6. The second-order valence-corrected chi connectivity index (χ2v) is 7.35. The number of ketones is 1. The Bertz CT molecular complexity index is 1370. The monoisotopic (exact) mass is 429 g/mol. The van der Waals surface area contributed by atoms with Gasteiger partial charge in [-0.2, -0.15) is 0 Å². The van der Waals surface area contributed by atoms with E-state index in [1.54, 1.807) is 67.8 Å². The molecule has 1 N–H and O–H groups in total. The zero-order valence-corrected chi connectivity index (χ0v) is 17.4. The molecule has 0 radical (unpaired) electrons. The molecule has 2 heterocycles. The molecule has 3 aromatic carbocycles. The lowest BCUT2D eigenvalue weighted by molar-refractivity contribution is 0.101. The van der Waals surface area contributed by atoms with E-state index in [0.29, 0.717) is 45.2 Å². The zero-order chi connectivity index (χ0) is 22.2. The fourth-order valence-electron chi connectivity index (χ4n) is 3.65. The molecule has 0 unspecified atom stereocenters. The molecule has 1 aliphatic rings. The molecule has 0 spiro atoms. The van der Waals surface area contributed by atoms with Crippen molar-refractivity contribution in [2.24, 2.45) is 0 Å². The highest BCUT2D eigenvalue weighted by molar-refractivity contribution is 6.11. The Morgan fingerprint density at radius 3 is 2.62 bits per heavy atom. The summed E-state index contributed by atoms with van der Waals surface area (Å²) in [5, 5.41) is 3.63. The lowest BCUT2D eigenvalue weighted by atomic mass is 10.0. The first kappa shape index (κ1) is 19.7. The molecule has 7 nitrogen and oxygen atoms in total. The van der Waals surface area contributed by atoms with Crippen molar-refractivity contribution in [3.63, 3.8) is 0 Å². The van der Waals surface area contributed by atoms with Gasteiger partial charge in [0, 0.05) is 27.8 Å². The predicted octanol–water partition coefficient (Wildman–Crippen LogP) is 4.96. The number of aryl methyl sites for hydroxylation is 1. The molecule has 0 aliphatic carbocycles. The first-order valence-electron chi connectivity index (χ1n) is 9.96. The van der Waals surface area contributed by atoms with Gasteiger partial charge >= 0.3 is 0 Å². The minimum Gasteiger partial charge on any atom is -0.497 e. The molecule has 32 heavy (non-hydrogen) atoms. The van der Waals surface area contributed by atoms with Crippen LogP contribution in [0.2, 0.25) is 0 Å². The number of amides is 1. The Hall–Kier alpha value is -4.26. The molecule has 5 rings (SSSR count). The van der Waals surface area contributed by atoms with Crippen LogP contribution in [0.1, 0.15) is 32.0 Å². The van der Waals surface area contributed by atoms with E-state index in [-0.39, 0.29) is 24.2 Å². The van der Waals surface area contributed by atoms with Crippen molar-refractivity contribution in [2.75, 3.05) is 19.2 Å². The largest absolute Gasteiger partial charge is 0.497 e. The van der Waals surface area contributed by atoms with Gasteiger partial charge in [-0.25, -0.2) is 0 Å². The fraction of sp³-hybridized carbons (Fsp3) is 0.120. The molecule has 0 fully saturated rings. The van der Waals surface area contributed by atoms with Crippen LogP contribution in [0.3, 0.4) is 0 Å². The van der Waals surface area contributed by atoms with Crippen molar-refractivity contribution in [3.05, 3.63) is 83.1 Å². The van der Waals surface area contributed by atoms with Gasteiger partial charge < -0.3 is 23.9 Å². The molecule has 7 heteroatoms. The first-order chi connectivity index (χ1) is 15.5. The number of carbonyl (C=O) groups excluding carboxylic acids is 2. The average Bonchev–Trinajstić information content (AvgIpc) is 3.42. The Labute approximate surface area is 183 Å². The number of rotatable bonds is 5. The molecule has 1 aromatic heterocycles. The Balaban J connectivity index is 1.42. The number of benzene rings is 3. The van der Waals surface area contributed by atoms with E-state index >= 15 is 0 Å². The smallest absolute Gasteiger partial charge is 0.255 e. The lowest BCUT2D eigenvalue weighted by Crippen LogP contribution is -2.11. The Kier molecular flexibility index (Phi) is 4.78. The maximum absolute atomic E-state index is 13.0. The van der Waals surface area contributed by atoms with Gasteiger partial charge in [0.2, 0.25) is 12.6 Å². The van der Waals surface area contributed by atoms with Crippen LogP contribution in [-0.4, -0.2) is 25.6 Å². The van der Waals surface area contributed by atoms with Gasteiger partial charge in [0.15, 0.2) is 17.3 Å². The third-order valence-corrected chi connectivity index (χ3v) is 5.37. The quantitative estimate of drug-likeness (QED) is 0.451. The molecule has 1 aliphatic heterocycles. The molecule has 0 atom stereocenters. The van der Waals surface area contributed by atoms with Crippen molar-refractivity contribution in [1.82, 2.24) is 0 Å². The summed E-state index contributed by atoms with van der Waals surface area (Å²) in [6, 6.07) is 17.2. The maximum atomic E-state index is 13.0. The number of anilines is 1.